The first-order valence-corrected chi connectivity index (χ1v) is 10.7. The molecule has 1 aromatic heterocycles. The van der Waals surface area contributed by atoms with Gasteiger partial charge < -0.3 is 10.5 Å². The smallest absolute Gasteiger partial charge is 0.142 e. The van der Waals surface area contributed by atoms with Gasteiger partial charge in [-0.2, -0.15) is 5.26 Å². The highest BCUT2D eigenvalue weighted by Crippen LogP contribution is 2.33. The standard InChI is InChI=1S/C28H25N3O/c1-2-7-20-12-14-22(15-13-20)27-17-25(26(18-29)28(30)31-27)23-10-6-11-24(16-23)32-19-21-8-4-3-5-9-21/h3-6,8-17H,2,7,19H2,1H3,(H2,30,31). The number of ether oxygens (including phenoxy) is 1. The van der Waals surface area contributed by atoms with Crippen molar-refractivity contribution in [1.29, 1.82) is 5.26 Å². The molecule has 1 heterocycles. The molecule has 4 rings (SSSR count). The Morgan fingerprint density at radius 2 is 1.66 bits per heavy atom. The average Bonchev–Trinajstić information content (AvgIpc) is 2.84. The van der Waals surface area contributed by atoms with E-state index in [0.717, 1.165) is 46.5 Å². The normalized spacial score (nSPS) is 10.5. The lowest BCUT2D eigenvalue weighted by molar-refractivity contribution is 0.306. The van der Waals surface area contributed by atoms with E-state index < -0.39 is 0 Å². The van der Waals surface area contributed by atoms with Crippen molar-refractivity contribution >= 4 is 5.82 Å². The van der Waals surface area contributed by atoms with E-state index >= 15 is 0 Å². The molecule has 0 unspecified atom stereocenters. The monoisotopic (exact) mass is 419 g/mol. The molecule has 4 nitrogen and oxygen atoms in total. The molecule has 0 spiro atoms. The minimum Gasteiger partial charge on any atom is -0.489 e. The van der Waals surface area contributed by atoms with Crippen LogP contribution in [0, 0.1) is 11.3 Å². The lowest BCUT2D eigenvalue weighted by Crippen LogP contribution is -2.00. The van der Waals surface area contributed by atoms with Crippen molar-refractivity contribution in [3.05, 3.63) is 102 Å². The van der Waals surface area contributed by atoms with Crippen LogP contribution in [0.5, 0.6) is 5.75 Å². The van der Waals surface area contributed by atoms with Crippen molar-refractivity contribution in [2.75, 3.05) is 5.73 Å². The Kier molecular flexibility index (Phi) is 6.48. The zero-order chi connectivity index (χ0) is 22.3. The fourth-order valence-corrected chi connectivity index (χ4v) is 3.68. The zero-order valence-electron chi connectivity index (χ0n) is 18.1. The Balaban J connectivity index is 1.67. The summed E-state index contributed by atoms with van der Waals surface area (Å²) in [5.41, 5.74) is 12.3. The highest BCUT2D eigenvalue weighted by molar-refractivity contribution is 5.80. The van der Waals surface area contributed by atoms with E-state index in [1.807, 2.05) is 60.7 Å². The molecule has 4 aromatic rings. The molecular weight excluding hydrogens is 394 g/mol. The Morgan fingerprint density at radius 1 is 0.875 bits per heavy atom. The summed E-state index contributed by atoms with van der Waals surface area (Å²) < 4.78 is 5.98. The van der Waals surface area contributed by atoms with Crippen LogP contribution in [0.2, 0.25) is 0 Å². The van der Waals surface area contributed by atoms with Crippen molar-refractivity contribution in [1.82, 2.24) is 4.98 Å². The van der Waals surface area contributed by atoms with E-state index in [-0.39, 0.29) is 5.82 Å². The Morgan fingerprint density at radius 3 is 2.38 bits per heavy atom. The van der Waals surface area contributed by atoms with Gasteiger partial charge in [-0.3, -0.25) is 0 Å². The first kappa shape index (κ1) is 21.1. The van der Waals surface area contributed by atoms with Crippen molar-refractivity contribution in [3.63, 3.8) is 0 Å². The highest BCUT2D eigenvalue weighted by Gasteiger charge is 2.14. The largest absolute Gasteiger partial charge is 0.489 e. The molecule has 0 amide bonds. The first-order chi connectivity index (χ1) is 15.7. The molecule has 0 saturated heterocycles. The van der Waals surface area contributed by atoms with Gasteiger partial charge in [0.25, 0.3) is 0 Å². The number of rotatable bonds is 7. The van der Waals surface area contributed by atoms with Gasteiger partial charge in [0.15, 0.2) is 0 Å². The summed E-state index contributed by atoms with van der Waals surface area (Å²) in [5.74, 6) is 0.962. The third kappa shape index (κ3) is 4.79. The van der Waals surface area contributed by atoms with Crippen LogP contribution in [0.4, 0.5) is 5.82 Å². The van der Waals surface area contributed by atoms with Gasteiger partial charge in [0.2, 0.25) is 0 Å². The summed E-state index contributed by atoms with van der Waals surface area (Å²) in [6.45, 7) is 2.64. The number of anilines is 1. The van der Waals surface area contributed by atoms with E-state index in [9.17, 15) is 5.26 Å². The second kappa shape index (κ2) is 9.80. The molecule has 158 valence electrons. The van der Waals surface area contributed by atoms with E-state index in [4.69, 9.17) is 10.5 Å². The van der Waals surface area contributed by atoms with Gasteiger partial charge in [-0.15, -0.1) is 0 Å². The number of hydrogen-bond acceptors (Lipinski definition) is 4. The van der Waals surface area contributed by atoms with Gasteiger partial charge in [0.05, 0.1) is 5.69 Å². The Labute approximate surface area is 188 Å². The van der Waals surface area contributed by atoms with E-state index in [1.54, 1.807) is 0 Å². The lowest BCUT2D eigenvalue weighted by Gasteiger charge is -2.12. The molecule has 32 heavy (non-hydrogen) atoms. The third-order valence-electron chi connectivity index (χ3n) is 5.34. The summed E-state index contributed by atoms with van der Waals surface area (Å²) in [5, 5.41) is 9.74. The molecule has 0 radical (unpaired) electrons. The maximum atomic E-state index is 9.74. The fraction of sp³-hybridized carbons (Fsp3) is 0.143. The van der Waals surface area contributed by atoms with Crippen molar-refractivity contribution in [2.24, 2.45) is 0 Å². The molecular formula is C28H25N3O. The first-order valence-electron chi connectivity index (χ1n) is 10.7. The topological polar surface area (TPSA) is 71.9 Å². The summed E-state index contributed by atoms with van der Waals surface area (Å²) in [6.07, 6.45) is 2.15. The van der Waals surface area contributed by atoms with Crippen molar-refractivity contribution < 1.29 is 4.74 Å². The van der Waals surface area contributed by atoms with Crippen LogP contribution in [0.3, 0.4) is 0 Å². The summed E-state index contributed by atoms with van der Waals surface area (Å²) in [4.78, 5) is 4.50. The average molecular weight is 420 g/mol. The molecule has 0 fully saturated rings. The molecule has 0 atom stereocenters. The zero-order valence-corrected chi connectivity index (χ0v) is 18.1. The third-order valence-corrected chi connectivity index (χ3v) is 5.34. The number of nitrogens with two attached hydrogens (primary N) is 1. The van der Waals surface area contributed by atoms with Gasteiger partial charge in [0.1, 0.15) is 29.8 Å². The molecule has 4 heteroatoms. The predicted molar refractivity (Wildman–Crippen MR) is 129 cm³/mol. The predicted octanol–water partition coefficient (Wildman–Crippen LogP) is 6.40. The maximum absolute atomic E-state index is 9.74. The van der Waals surface area contributed by atoms with Gasteiger partial charge in [0, 0.05) is 11.1 Å². The van der Waals surface area contributed by atoms with Gasteiger partial charge in [-0.1, -0.05) is 80.1 Å². The minimum atomic E-state index is 0.230. The number of nitrogen functional groups attached to an aromatic ring is 1. The second-order valence-electron chi connectivity index (χ2n) is 7.68. The van der Waals surface area contributed by atoms with Crippen molar-refractivity contribution in [3.8, 4) is 34.2 Å². The summed E-state index contributed by atoms with van der Waals surface area (Å²) >= 11 is 0. The van der Waals surface area contributed by atoms with E-state index in [0.29, 0.717) is 12.2 Å². The summed E-state index contributed by atoms with van der Waals surface area (Å²) in [6, 6.07) is 30.2. The molecule has 2 N–H and O–H groups in total. The highest BCUT2D eigenvalue weighted by atomic mass is 16.5. The molecule has 0 aliphatic heterocycles. The van der Waals surface area contributed by atoms with Gasteiger partial charge >= 0.3 is 0 Å². The van der Waals surface area contributed by atoms with Crippen LogP contribution in [0.1, 0.15) is 30.0 Å². The van der Waals surface area contributed by atoms with Crippen LogP contribution in [0.25, 0.3) is 22.4 Å². The van der Waals surface area contributed by atoms with E-state index in [1.165, 1.54) is 5.56 Å². The number of benzene rings is 3. The maximum Gasteiger partial charge on any atom is 0.142 e. The van der Waals surface area contributed by atoms with E-state index in [2.05, 4.69) is 42.2 Å². The molecule has 0 saturated carbocycles. The quantitative estimate of drug-likeness (QED) is 0.376. The number of hydrogen-bond donors (Lipinski definition) is 1. The minimum absolute atomic E-state index is 0.230. The Bertz CT molecular complexity index is 1240. The number of nitrogens with zero attached hydrogens (tertiary/aromatic N) is 2. The molecule has 0 aliphatic rings. The van der Waals surface area contributed by atoms with Gasteiger partial charge in [-0.25, -0.2) is 4.98 Å². The summed E-state index contributed by atoms with van der Waals surface area (Å²) in [7, 11) is 0. The number of aromatic nitrogens is 1. The van der Waals surface area contributed by atoms with Crippen LogP contribution in [-0.2, 0) is 13.0 Å². The van der Waals surface area contributed by atoms with Crippen LogP contribution in [0.15, 0.2) is 84.9 Å². The molecule has 0 bridgehead atoms. The van der Waals surface area contributed by atoms with Gasteiger partial charge in [-0.05, 0) is 41.3 Å². The number of nitriles is 1. The molecule has 0 aliphatic carbocycles. The van der Waals surface area contributed by atoms with Crippen LogP contribution >= 0.6 is 0 Å². The SMILES string of the molecule is CCCc1ccc(-c2cc(-c3cccc(OCc4ccccc4)c3)c(C#N)c(N)n2)cc1. The fourth-order valence-electron chi connectivity index (χ4n) is 3.68. The number of aryl methyl sites for hydroxylation is 1. The van der Waals surface area contributed by atoms with Crippen molar-refractivity contribution in [2.45, 2.75) is 26.4 Å². The lowest BCUT2D eigenvalue weighted by atomic mass is 9.97. The Hall–Kier alpha value is -4.10. The second-order valence-corrected chi connectivity index (χ2v) is 7.68. The number of pyridine rings is 1. The van der Waals surface area contributed by atoms with Crippen LogP contribution in [-0.4, -0.2) is 4.98 Å². The van der Waals surface area contributed by atoms with Crippen LogP contribution < -0.4 is 10.5 Å². The molecule has 3 aromatic carbocycles.